The van der Waals surface area contributed by atoms with E-state index < -0.39 is 5.91 Å². The van der Waals surface area contributed by atoms with E-state index in [0.717, 1.165) is 5.54 Å². The molecule has 0 bridgehead atoms. The van der Waals surface area contributed by atoms with Crippen LogP contribution in [0, 0.1) is 0 Å². The van der Waals surface area contributed by atoms with Crippen LogP contribution < -0.4 is 5.54 Å². The normalized spacial score (nSPS) is 7.25. The van der Waals surface area contributed by atoms with Gasteiger partial charge in [0, 0.05) is 6.42 Å². The second-order valence-corrected chi connectivity index (χ2v) is 1.27. The molecule has 4 heteroatoms. The molecule has 0 unspecified atom stereocenters. The van der Waals surface area contributed by atoms with Gasteiger partial charge in [0.2, 0.25) is 5.91 Å². The van der Waals surface area contributed by atoms with Gasteiger partial charge >= 0.3 is 18.9 Å². The molecule has 0 radical (unpaired) electrons. The minimum atomic E-state index is -0.539. The van der Waals surface area contributed by atoms with Crippen molar-refractivity contribution in [2.45, 2.75) is 19.8 Å². The van der Waals surface area contributed by atoms with Gasteiger partial charge in [-0.25, -0.2) is 0 Å². The number of carbonyl (C=O) groups is 1. The summed E-state index contributed by atoms with van der Waals surface area (Å²) in [6.07, 6.45) is 0.965. The Balaban J connectivity index is 0. The standard InChI is InChI=1S/C4H8FNO.Li.H/c1-2-3-4(7)6-5;;/h2-3H2,1H3,(H,6,7);;. The van der Waals surface area contributed by atoms with Crippen LogP contribution in [-0.2, 0) is 4.79 Å². The molecule has 0 saturated carbocycles. The maximum atomic E-state index is 11.0. The van der Waals surface area contributed by atoms with Crippen molar-refractivity contribution >= 4 is 24.8 Å². The predicted molar refractivity (Wildman–Crippen MR) is 31.3 cm³/mol. The molecule has 0 fully saturated rings. The van der Waals surface area contributed by atoms with Crippen LogP contribution in [0.1, 0.15) is 19.8 Å². The second-order valence-electron chi connectivity index (χ2n) is 1.27. The van der Waals surface area contributed by atoms with Crippen molar-refractivity contribution in [2.24, 2.45) is 0 Å². The third kappa shape index (κ3) is 6.00. The van der Waals surface area contributed by atoms with E-state index in [0.29, 0.717) is 6.42 Å². The summed E-state index contributed by atoms with van der Waals surface area (Å²) in [6, 6.07) is 0. The van der Waals surface area contributed by atoms with Crippen LogP contribution in [-0.4, -0.2) is 24.8 Å². The van der Waals surface area contributed by atoms with Gasteiger partial charge in [0.05, 0.1) is 0 Å². The van der Waals surface area contributed by atoms with Crippen LogP contribution in [0.3, 0.4) is 0 Å². The molecule has 44 valence electrons. The number of amides is 1. The van der Waals surface area contributed by atoms with Gasteiger partial charge in [0.15, 0.2) is 0 Å². The van der Waals surface area contributed by atoms with E-state index in [1.807, 2.05) is 6.92 Å². The van der Waals surface area contributed by atoms with E-state index in [4.69, 9.17) is 0 Å². The molecule has 0 aliphatic carbocycles. The van der Waals surface area contributed by atoms with E-state index in [1.54, 1.807) is 0 Å². The Morgan fingerprint density at radius 1 is 1.75 bits per heavy atom. The average molecular weight is 113 g/mol. The molecule has 0 spiro atoms. The van der Waals surface area contributed by atoms with Gasteiger partial charge in [-0.15, -0.1) is 4.48 Å². The summed E-state index contributed by atoms with van der Waals surface area (Å²) in [4.78, 5) is 9.93. The fourth-order valence-corrected chi connectivity index (χ4v) is 0.274. The van der Waals surface area contributed by atoms with Gasteiger partial charge in [-0.3, -0.25) is 4.79 Å². The van der Waals surface area contributed by atoms with Crippen molar-refractivity contribution in [3.63, 3.8) is 0 Å². The summed E-state index contributed by atoms with van der Waals surface area (Å²) in [6.45, 7) is 1.81. The zero-order valence-corrected chi connectivity index (χ0v) is 4.20. The predicted octanol–water partition coefficient (Wildman–Crippen LogP) is 0.139. The van der Waals surface area contributed by atoms with Crippen LogP contribution in [0.5, 0.6) is 0 Å². The van der Waals surface area contributed by atoms with Crippen molar-refractivity contribution in [3.05, 3.63) is 0 Å². The molecule has 0 aromatic heterocycles. The molecule has 0 aromatic carbocycles. The van der Waals surface area contributed by atoms with Gasteiger partial charge in [-0.1, -0.05) is 6.92 Å². The molecule has 8 heavy (non-hydrogen) atoms. The first-order chi connectivity index (χ1) is 3.31. The number of hydrogen-bond acceptors (Lipinski definition) is 1. The Morgan fingerprint density at radius 3 is 2.38 bits per heavy atom. The zero-order chi connectivity index (χ0) is 5.70. The van der Waals surface area contributed by atoms with Gasteiger partial charge in [0.1, 0.15) is 0 Å². The maximum absolute atomic E-state index is 11.0. The first kappa shape index (κ1) is 10.9. The fraction of sp³-hybridized carbons (Fsp3) is 0.750. The van der Waals surface area contributed by atoms with Crippen molar-refractivity contribution in [2.75, 3.05) is 0 Å². The van der Waals surface area contributed by atoms with E-state index in [2.05, 4.69) is 0 Å². The van der Waals surface area contributed by atoms with E-state index in [9.17, 15) is 9.28 Å². The minimum absolute atomic E-state index is 0. The van der Waals surface area contributed by atoms with Crippen molar-refractivity contribution in [3.8, 4) is 0 Å². The molecule has 1 N–H and O–H groups in total. The molecular formula is C4H9FLiNO. The molecule has 0 atom stereocenters. The number of halogens is 1. The summed E-state index contributed by atoms with van der Waals surface area (Å²) in [5, 5.41) is 0. The molecule has 0 aromatic rings. The number of rotatable bonds is 2. The molecule has 1 amide bonds. The zero-order valence-electron chi connectivity index (χ0n) is 4.20. The van der Waals surface area contributed by atoms with Crippen LogP contribution in [0.2, 0.25) is 0 Å². The topological polar surface area (TPSA) is 29.1 Å². The Bertz CT molecular complexity index is 69.1. The molecule has 0 aliphatic heterocycles. The summed E-state index contributed by atoms with van der Waals surface area (Å²) in [5.41, 5.74) is 1.03. The monoisotopic (exact) mass is 113 g/mol. The van der Waals surface area contributed by atoms with Crippen molar-refractivity contribution in [1.29, 1.82) is 0 Å². The van der Waals surface area contributed by atoms with E-state index >= 15 is 0 Å². The molecule has 0 heterocycles. The van der Waals surface area contributed by atoms with Crippen molar-refractivity contribution < 1.29 is 9.28 Å². The molecule has 0 aliphatic rings. The number of carbonyl (C=O) groups excluding carboxylic acids is 1. The van der Waals surface area contributed by atoms with E-state index in [-0.39, 0.29) is 25.3 Å². The van der Waals surface area contributed by atoms with Gasteiger partial charge in [-0.2, -0.15) is 5.54 Å². The Labute approximate surface area is 59.9 Å². The Hall–Kier alpha value is -0.00260. The first-order valence-corrected chi connectivity index (χ1v) is 2.20. The van der Waals surface area contributed by atoms with Crippen LogP contribution in [0.4, 0.5) is 4.48 Å². The summed E-state index contributed by atoms with van der Waals surface area (Å²) < 4.78 is 11.0. The molecule has 0 saturated heterocycles. The first-order valence-electron chi connectivity index (χ1n) is 2.20. The number of nitrogens with one attached hydrogen (secondary N) is 1. The summed E-state index contributed by atoms with van der Waals surface area (Å²) >= 11 is 0. The van der Waals surface area contributed by atoms with Crippen LogP contribution in [0.25, 0.3) is 0 Å². The average Bonchev–Trinajstić information content (AvgIpc) is 1.68. The van der Waals surface area contributed by atoms with E-state index in [1.165, 1.54) is 0 Å². The van der Waals surface area contributed by atoms with Gasteiger partial charge < -0.3 is 0 Å². The summed E-state index contributed by atoms with van der Waals surface area (Å²) in [5.74, 6) is -0.539. The SMILES string of the molecule is CCCC(=O)NF.[LiH]. The van der Waals surface area contributed by atoms with Gasteiger partial charge in [-0.05, 0) is 6.42 Å². The van der Waals surface area contributed by atoms with Crippen LogP contribution >= 0.6 is 0 Å². The van der Waals surface area contributed by atoms with Crippen molar-refractivity contribution in [1.82, 2.24) is 5.54 Å². The molecule has 0 rings (SSSR count). The quantitative estimate of drug-likeness (QED) is 0.400. The number of hydrogen-bond donors (Lipinski definition) is 1. The third-order valence-corrected chi connectivity index (χ3v) is 0.582. The third-order valence-electron chi connectivity index (χ3n) is 0.582. The molecular weight excluding hydrogens is 104 g/mol. The second kappa shape index (κ2) is 7.00. The molecule has 2 nitrogen and oxygen atoms in total. The van der Waals surface area contributed by atoms with Gasteiger partial charge in [0.25, 0.3) is 0 Å². The Morgan fingerprint density at radius 2 is 2.25 bits per heavy atom. The van der Waals surface area contributed by atoms with Crippen LogP contribution in [0.15, 0.2) is 0 Å². The summed E-state index contributed by atoms with van der Waals surface area (Å²) in [7, 11) is 0. The fourth-order valence-electron chi connectivity index (χ4n) is 0.274. The Kier molecular flexibility index (Phi) is 9.52.